The van der Waals surface area contributed by atoms with Crippen LogP contribution < -0.4 is 5.32 Å². The summed E-state index contributed by atoms with van der Waals surface area (Å²) < 4.78 is 5.48. The lowest BCUT2D eigenvalue weighted by molar-refractivity contribution is 0.117. The number of ether oxygens (including phenoxy) is 1. The van der Waals surface area contributed by atoms with Crippen molar-refractivity contribution in [1.29, 1.82) is 5.26 Å². The van der Waals surface area contributed by atoms with Crippen LogP contribution in [-0.2, 0) is 4.74 Å². The van der Waals surface area contributed by atoms with Crippen molar-refractivity contribution in [2.45, 2.75) is 26.7 Å². The minimum Gasteiger partial charge on any atom is -0.379 e. The van der Waals surface area contributed by atoms with Gasteiger partial charge in [0.2, 0.25) is 0 Å². The fraction of sp³-hybridized carbons (Fsp3) is 0.923. The lowest BCUT2D eigenvalue weighted by atomic mass is 9.88. The fourth-order valence-corrected chi connectivity index (χ4v) is 1.40. The maximum Gasteiger partial charge on any atom is 0.0621 e. The van der Waals surface area contributed by atoms with Crippen molar-refractivity contribution in [1.82, 2.24) is 10.2 Å². The largest absolute Gasteiger partial charge is 0.379 e. The fourth-order valence-electron chi connectivity index (χ4n) is 1.40. The quantitative estimate of drug-likeness (QED) is 0.589. The van der Waals surface area contributed by atoms with E-state index in [4.69, 9.17) is 10.00 Å². The zero-order valence-corrected chi connectivity index (χ0v) is 11.8. The Morgan fingerprint density at radius 3 is 2.59 bits per heavy atom. The van der Waals surface area contributed by atoms with Gasteiger partial charge in [-0.2, -0.15) is 5.26 Å². The van der Waals surface area contributed by atoms with Crippen LogP contribution in [0.1, 0.15) is 26.7 Å². The standard InChI is InChI=1S/C13H27N3O/c1-13(2,6-5-7-14)12-15-8-10-17-11-9-16(3)4/h15H,5-6,8-12H2,1-4H3. The predicted octanol–water partition coefficient (Wildman–Crippen LogP) is 1.48. The van der Waals surface area contributed by atoms with Crippen molar-refractivity contribution in [3.63, 3.8) is 0 Å². The van der Waals surface area contributed by atoms with Crippen molar-refractivity contribution in [3.8, 4) is 6.07 Å². The van der Waals surface area contributed by atoms with Crippen LogP contribution in [-0.4, -0.2) is 51.8 Å². The highest BCUT2D eigenvalue weighted by Gasteiger charge is 2.16. The zero-order valence-electron chi connectivity index (χ0n) is 11.8. The molecule has 0 saturated carbocycles. The third-order valence-corrected chi connectivity index (χ3v) is 2.62. The molecule has 0 aromatic carbocycles. The van der Waals surface area contributed by atoms with E-state index >= 15 is 0 Å². The molecule has 0 aliphatic heterocycles. The molecule has 4 nitrogen and oxygen atoms in total. The van der Waals surface area contributed by atoms with E-state index in [9.17, 15) is 0 Å². The molecule has 0 saturated heterocycles. The Morgan fingerprint density at radius 1 is 1.29 bits per heavy atom. The van der Waals surface area contributed by atoms with E-state index in [1.807, 2.05) is 14.1 Å². The monoisotopic (exact) mass is 241 g/mol. The predicted molar refractivity (Wildman–Crippen MR) is 70.9 cm³/mol. The van der Waals surface area contributed by atoms with Crippen LogP contribution in [0, 0.1) is 16.7 Å². The molecule has 0 aromatic heterocycles. The van der Waals surface area contributed by atoms with Gasteiger partial charge in [-0.1, -0.05) is 13.8 Å². The van der Waals surface area contributed by atoms with Crippen molar-refractivity contribution in [3.05, 3.63) is 0 Å². The van der Waals surface area contributed by atoms with Crippen LogP contribution in [0.5, 0.6) is 0 Å². The van der Waals surface area contributed by atoms with Crippen molar-refractivity contribution in [2.75, 3.05) is 46.9 Å². The zero-order chi connectivity index (χ0) is 13.1. The Balaban J connectivity index is 3.35. The van der Waals surface area contributed by atoms with Crippen molar-refractivity contribution in [2.24, 2.45) is 5.41 Å². The molecule has 0 aliphatic carbocycles. The summed E-state index contributed by atoms with van der Waals surface area (Å²) in [5, 5.41) is 11.9. The second-order valence-corrected chi connectivity index (χ2v) is 5.41. The van der Waals surface area contributed by atoms with Gasteiger partial charge in [-0.3, -0.25) is 0 Å². The van der Waals surface area contributed by atoms with Crippen LogP contribution >= 0.6 is 0 Å². The summed E-state index contributed by atoms with van der Waals surface area (Å²) in [7, 11) is 4.08. The van der Waals surface area contributed by atoms with Gasteiger partial charge in [-0.05, 0) is 25.9 Å². The molecule has 0 radical (unpaired) electrons. The molecule has 0 rings (SSSR count). The molecule has 17 heavy (non-hydrogen) atoms. The maximum atomic E-state index is 8.55. The van der Waals surface area contributed by atoms with Crippen LogP contribution in [0.15, 0.2) is 0 Å². The smallest absolute Gasteiger partial charge is 0.0621 e. The Hall–Kier alpha value is -0.630. The first-order valence-corrected chi connectivity index (χ1v) is 6.28. The van der Waals surface area contributed by atoms with E-state index in [2.05, 4.69) is 30.1 Å². The van der Waals surface area contributed by atoms with Gasteiger partial charge in [-0.25, -0.2) is 0 Å². The summed E-state index contributed by atoms with van der Waals surface area (Å²) in [5.74, 6) is 0. The van der Waals surface area contributed by atoms with E-state index in [0.717, 1.165) is 39.3 Å². The van der Waals surface area contributed by atoms with Gasteiger partial charge in [0, 0.05) is 26.1 Å². The van der Waals surface area contributed by atoms with Crippen LogP contribution in [0.4, 0.5) is 0 Å². The normalized spacial score (nSPS) is 11.8. The first kappa shape index (κ1) is 16.4. The summed E-state index contributed by atoms with van der Waals surface area (Å²) >= 11 is 0. The third kappa shape index (κ3) is 11.6. The first-order chi connectivity index (χ1) is 7.98. The van der Waals surface area contributed by atoms with E-state index in [1.165, 1.54) is 0 Å². The van der Waals surface area contributed by atoms with E-state index in [-0.39, 0.29) is 5.41 Å². The SMILES string of the molecule is CN(C)CCOCCNCC(C)(C)CCC#N. The molecule has 0 aromatic rings. The van der Waals surface area contributed by atoms with Gasteiger partial charge >= 0.3 is 0 Å². The molecular weight excluding hydrogens is 214 g/mol. The molecule has 1 N–H and O–H groups in total. The summed E-state index contributed by atoms with van der Waals surface area (Å²) in [6, 6.07) is 2.20. The number of hydrogen-bond donors (Lipinski definition) is 1. The van der Waals surface area contributed by atoms with E-state index in [1.54, 1.807) is 0 Å². The summed E-state index contributed by atoms with van der Waals surface area (Å²) in [6.45, 7) is 8.69. The summed E-state index contributed by atoms with van der Waals surface area (Å²) in [6.07, 6.45) is 1.58. The number of nitriles is 1. The van der Waals surface area contributed by atoms with Gasteiger partial charge < -0.3 is 15.0 Å². The Bertz CT molecular complexity index is 221. The van der Waals surface area contributed by atoms with E-state index < -0.39 is 0 Å². The van der Waals surface area contributed by atoms with Gasteiger partial charge in [0.05, 0.1) is 19.3 Å². The Kier molecular flexibility index (Phi) is 9.06. The van der Waals surface area contributed by atoms with Gasteiger partial charge in [0.15, 0.2) is 0 Å². The molecule has 0 aliphatic rings. The van der Waals surface area contributed by atoms with E-state index in [0.29, 0.717) is 6.42 Å². The molecule has 100 valence electrons. The lowest BCUT2D eigenvalue weighted by Crippen LogP contribution is -2.32. The molecule has 0 bridgehead atoms. The van der Waals surface area contributed by atoms with Crippen molar-refractivity contribution >= 4 is 0 Å². The topological polar surface area (TPSA) is 48.3 Å². The molecule has 0 fully saturated rings. The minimum absolute atomic E-state index is 0.194. The molecule has 4 heteroatoms. The van der Waals surface area contributed by atoms with Crippen LogP contribution in [0.3, 0.4) is 0 Å². The number of hydrogen-bond acceptors (Lipinski definition) is 4. The van der Waals surface area contributed by atoms with Crippen LogP contribution in [0.25, 0.3) is 0 Å². The number of nitrogens with zero attached hydrogens (tertiary/aromatic N) is 2. The highest BCUT2D eigenvalue weighted by molar-refractivity contribution is 4.78. The average Bonchev–Trinajstić information content (AvgIpc) is 2.24. The average molecular weight is 241 g/mol. The highest BCUT2D eigenvalue weighted by atomic mass is 16.5. The second-order valence-electron chi connectivity index (χ2n) is 5.41. The lowest BCUT2D eigenvalue weighted by Gasteiger charge is -2.23. The molecule has 0 amide bonds. The Labute approximate surface area is 106 Å². The molecule has 0 atom stereocenters. The number of nitrogens with one attached hydrogen (secondary N) is 1. The highest BCUT2D eigenvalue weighted by Crippen LogP contribution is 2.20. The van der Waals surface area contributed by atoms with Crippen LogP contribution in [0.2, 0.25) is 0 Å². The summed E-state index contributed by atoms with van der Waals surface area (Å²) in [5.41, 5.74) is 0.194. The third-order valence-electron chi connectivity index (χ3n) is 2.62. The second kappa shape index (κ2) is 9.41. The Morgan fingerprint density at radius 2 is 2.00 bits per heavy atom. The molecule has 0 unspecified atom stereocenters. The molecule has 0 spiro atoms. The first-order valence-electron chi connectivity index (χ1n) is 6.28. The minimum atomic E-state index is 0.194. The maximum absolute atomic E-state index is 8.55. The van der Waals surface area contributed by atoms with Crippen molar-refractivity contribution < 1.29 is 4.74 Å². The summed E-state index contributed by atoms with van der Waals surface area (Å²) in [4.78, 5) is 2.11. The number of likely N-dealkylation sites (N-methyl/N-ethyl adjacent to an activating group) is 1. The molecule has 0 heterocycles. The molecular formula is C13H27N3O. The van der Waals surface area contributed by atoms with Gasteiger partial charge in [-0.15, -0.1) is 0 Å². The number of rotatable bonds is 10. The van der Waals surface area contributed by atoms with Gasteiger partial charge in [0.1, 0.15) is 0 Å². The van der Waals surface area contributed by atoms with Gasteiger partial charge in [0.25, 0.3) is 0 Å².